The Balaban J connectivity index is 1.07. The molecule has 3 aromatic heterocycles. The number of rotatable bonds is 11. The Morgan fingerprint density at radius 3 is 2.60 bits per heavy atom. The molecule has 0 atom stereocenters. The minimum atomic E-state index is -0.513. The second-order valence-corrected chi connectivity index (χ2v) is 11.7. The van der Waals surface area contributed by atoms with Crippen LogP contribution in [0.25, 0.3) is 20.8 Å². The van der Waals surface area contributed by atoms with Gasteiger partial charge in [-0.25, -0.2) is 4.39 Å². The Morgan fingerprint density at radius 1 is 1.05 bits per heavy atom. The average molecular weight is 605 g/mol. The second kappa shape index (κ2) is 13.0. The maximum atomic E-state index is 14.9. The SMILES string of the molecule is COC(=O)CC(=O)N1CCN(Cc2ccc(-c3cc4nccc(Oc5ccc(NCNC6CC6)cc5F)c4s3)nc2)CC1. The quantitative estimate of drug-likeness (QED) is 0.144. The second-order valence-electron chi connectivity index (χ2n) is 10.7. The van der Waals surface area contributed by atoms with Gasteiger partial charge in [-0.1, -0.05) is 6.07 Å². The maximum absolute atomic E-state index is 14.9. The van der Waals surface area contributed by atoms with Crippen molar-refractivity contribution in [2.45, 2.75) is 31.8 Å². The van der Waals surface area contributed by atoms with E-state index in [9.17, 15) is 14.0 Å². The van der Waals surface area contributed by atoms with Crippen LogP contribution in [0.3, 0.4) is 0 Å². The third-order valence-electron chi connectivity index (χ3n) is 7.52. The van der Waals surface area contributed by atoms with E-state index in [4.69, 9.17) is 9.72 Å². The lowest BCUT2D eigenvalue weighted by molar-refractivity contribution is -0.147. The Bertz CT molecular complexity index is 1600. The van der Waals surface area contributed by atoms with Gasteiger partial charge in [0.2, 0.25) is 5.91 Å². The number of benzene rings is 1. The molecule has 43 heavy (non-hydrogen) atoms. The summed E-state index contributed by atoms with van der Waals surface area (Å²) >= 11 is 1.50. The molecular formula is C31H33FN6O4S. The Hall–Kier alpha value is -4.13. The summed E-state index contributed by atoms with van der Waals surface area (Å²) in [6, 6.07) is 13.2. The minimum Gasteiger partial charge on any atom is -0.469 e. The predicted octanol–water partition coefficient (Wildman–Crippen LogP) is 4.62. The van der Waals surface area contributed by atoms with E-state index in [0.29, 0.717) is 37.2 Å². The van der Waals surface area contributed by atoms with Gasteiger partial charge in [-0.3, -0.25) is 29.8 Å². The molecule has 1 aliphatic carbocycles. The summed E-state index contributed by atoms with van der Waals surface area (Å²) in [4.78, 5) is 37.7. The van der Waals surface area contributed by atoms with E-state index in [1.54, 1.807) is 29.3 Å². The molecule has 0 radical (unpaired) electrons. The summed E-state index contributed by atoms with van der Waals surface area (Å²) in [7, 11) is 1.28. The highest BCUT2D eigenvalue weighted by Crippen LogP contribution is 2.39. The van der Waals surface area contributed by atoms with Crippen molar-refractivity contribution in [2.24, 2.45) is 0 Å². The van der Waals surface area contributed by atoms with Gasteiger partial charge in [0, 0.05) is 69.0 Å². The fourth-order valence-electron chi connectivity index (χ4n) is 4.90. The van der Waals surface area contributed by atoms with Crippen LogP contribution in [-0.4, -0.2) is 77.6 Å². The van der Waals surface area contributed by atoms with Crippen molar-refractivity contribution in [1.82, 2.24) is 25.1 Å². The lowest BCUT2D eigenvalue weighted by atomic mass is 10.2. The van der Waals surface area contributed by atoms with Crippen LogP contribution in [-0.2, 0) is 20.9 Å². The lowest BCUT2D eigenvalue weighted by Crippen LogP contribution is -2.48. The summed E-state index contributed by atoms with van der Waals surface area (Å²) in [5, 5.41) is 6.53. The molecule has 1 saturated carbocycles. The molecule has 12 heteroatoms. The number of anilines is 1. The molecule has 2 fully saturated rings. The van der Waals surface area contributed by atoms with E-state index < -0.39 is 11.8 Å². The number of carbonyl (C=O) groups excluding carboxylic acids is 2. The molecule has 0 spiro atoms. The first-order valence-electron chi connectivity index (χ1n) is 14.3. The molecule has 0 unspecified atom stereocenters. The predicted molar refractivity (Wildman–Crippen MR) is 162 cm³/mol. The van der Waals surface area contributed by atoms with Crippen molar-refractivity contribution >= 4 is 39.1 Å². The monoisotopic (exact) mass is 604 g/mol. The van der Waals surface area contributed by atoms with Crippen LogP contribution in [0.2, 0.25) is 0 Å². The zero-order valence-electron chi connectivity index (χ0n) is 23.8. The molecule has 4 heterocycles. The molecule has 224 valence electrons. The molecule has 10 nitrogen and oxygen atoms in total. The van der Waals surface area contributed by atoms with E-state index in [1.807, 2.05) is 18.3 Å². The van der Waals surface area contributed by atoms with Gasteiger partial charge >= 0.3 is 5.97 Å². The number of piperazine rings is 1. The number of nitrogens with one attached hydrogen (secondary N) is 2. The minimum absolute atomic E-state index is 0.152. The van der Waals surface area contributed by atoms with Crippen LogP contribution < -0.4 is 15.4 Å². The number of aromatic nitrogens is 2. The molecule has 4 aromatic rings. The van der Waals surface area contributed by atoms with Gasteiger partial charge in [-0.15, -0.1) is 11.3 Å². The molecule has 0 bridgehead atoms. The summed E-state index contributed by atoms with van der Waals surface area (Å²) < 4.78 is 26.3. The molecule has 2 aliphatic rings. The molecule has 1 saturated heterocycles. The fourth-order valence-corrected chi connectivity index (χ4v) is 5.95. The Labute approximate surface area is 252 Å². The maximum Gasteiger partial charge on any atom is 0.315 e. The van der Waals surface area contributed by atoms with Gasteiger partial charge in [0.1, 0.15) is 12.2 Å². The first-order valence-corrected chi connectivity index (χ1v) is 15.1. The van der Waals surface area contributed by atoms with Gasteiger partial charge in [0.05, 0.1) is 34.6 Å². The zero-order chi connectivity index (χ0) is 29.8. The molecule has 2 N–H and O–H groups in total. The van der Waals surface area contributed by atoms with Crippen molar-refractivity contribution in [3.63, 3.8) is 0 Å². The van der Waals surface area contributed by atoms with Crippen molar-refractivity contribution in [3.8, 4) is 22.1 Å². The van der Waals surface area contributed by atoms with Gasteiger partial charge in [0.25, 0.3) is 0 Å². The van der Waals surface area contributed by atoms with Crippen molar-refractivity contribution in [1.29, 1.82) is 0 Å². The van der Waals surface area contributed by atoms with Gasteiger partial charge in [-0.05, 0) is 42.7 Å². The number of pyridine rings is 2. The zero-order valence-corrected chi connectivity index (χ0v) is 24.7. The molecule has 1 amide bonds. The van der Waals surface area contributed by atoms with Crippen LogP contribution in [0.4, 0.5) is 10.1 Å². The number of carbonyl (C=O) groups is 2. The number of amides is 1. The summed E-state index contributed by atoms with van der Waals surface area (Å²) in [6.45, 7) is 3.90. The number of hydrogen-bond donors (Lipinski definition) is 2. The highest BCUT2D eigenvalue weighted by atomic mass is 32.1. The van der Waals surface area contributed by atoms with Crippen molar-refractivity contribution < 1.29 is 23.5 Å². The van der Waals surface area contributed by atoms with Gasteiger partial charge in [0.15, 0.2) is 11.6 Å². The van der Waals surface area contributed by atoms with E-state index in [-0.39, 0.29) is 18.1 Å². The number of nitrogens with zero attached hydrogens (tertiary/aromatic N) is 4. The Morgan fingerprint density at radius 2 is 1.88 bits per heavy atom. The molecule has 6 rings (SSSR count). The third kappa shape index (κ3) is 7.27. The summed E-state index contributed by atoms with van der Waals surface area (Å²) in [6.07, 6.45) is 5.69. The number of ether oxygens (including phenoxy) is 2. The van der Waals surface area contributed by atoms with Crippen LogP contribution in [0.1, 0.15) is 24.8 Å². The van der Waals surface area contributed by atoms with Gasteiger partial charge in [-0.2, -0.15) is 0 Å². The number of fused-ring (bicyclic) bond motifs is 1. The van der Waals surface area contributed by atoms with Gasteiger partial charge < -0.3 is 19.7 Å². The first kappa shape index (κ1) is 29.0. The van der Waals surface area contributed by atoms with Crippen molar-refractivity contribution in [2.75, 3.05) is 45.3 Å². The fraction of sp³-hybridized carbons (Fsp3) is 0.355. The van der Waals surface area contributed by atoms with E-state index >= 15 is 0 Å². The summed E-state index contributed by atoms with van der Waals surface area (Å²) in [5.41, 5.74) is 3.34. The highest BCUT2D eigenvalue weighted by molar-refractivity contribution is 7.22. The largest absolute Gasteiger partial charge is 0.469 e. The molecular weight excluding hydrogens is 571 g/mol. The normalized spacial score (nSPS) is 15.4. The standard InChI is InChI=1S/C31H33FN6O4S/c1-41-30(40)16-29(39)38-12-10-37(11-13-38)18-20-2-6-24(34-17-20)28-15-25-31(43-28)27(8-9-33-25)42-26-7-5-22(14-23(26)32)36-19-35-21-3-4-21/h2,5-9,14-15,17,21,35-36H,3-4,10-13,16,18-19H2,1H3. The topological polar surface area (TPSA) is 109 Å². The number of thiophene rings is 1. The van der Waals surface area contributed by atoms with E-state index in [2.05, 4.69) is 31.3 Å². The first-order chi connectivity index (χ1) is 20.9. The average Bonchev–Trinajstić information content (AvgIpc) is 3.74. The van der Waals surface area contributed by atoms with Crippen LogP contribution in [0, 0.1) is 5.82 Å². The number of methoxy groups -OCH3 is 1. The number of esters is 1. The smallest absolute Gasteiger partial charge is 0.315 e. The highest BCUT2D eigenvalue weighted by Gasteiger charge is 2.23. The molecule has 1 aliphatic heterocycles. The van der Waals surface area contributed by atoms with Crippen LogP contribution in [0.15, 0.2) is 54.9 Å². The van der Waals surface area contributed by atoms with Crippen molar-refractivity contribution in [3.05, 3.63) is 66.2 Å². The number of halogens is 1. The van der Waals surface area contributed by atoms with Crippen LogP contribution >= 0.6 is 11.3 Å². The van der Waals surface area contributed by atoms with E-state index in [0.717, 1.165) is 46.0 Å². The lowest BCUT2D eigenvalue weighted by Gasteiger charge is -2.34. The Kier molecular flexibility index (Phi) is 8.77. The number of hydrogen-bond acceptors (Lipinski definition) is 10. The van der Waals surface area contributed by atoms with E-state index in [1.165, 1.54) is 37.4 Å². The molecule has 1 aromatic carbocycles. The summed E-state index contributed by atoms with van der Waals surface area (Å²) in [5.74, 6) is -0.460. The van der Waals surface area contributed by atoms with Crippen LogP contribution in [0.5, 0.6) is 11.5 Å². The third-order valence-corrected chi connectivity index (χ3v) is 8.68.